The number of amides is 1. The fourth-order valence-electron chi connectivity index (χ4n) is 2.18. The Morgan fingerprint density at radius 2 is 1.94 bits per heavy atom. The molecule has 1 aromatic carbocycles. The molecule has 0 aromatic heterocycles. The third kappa shape index (κ3) is 2.91. The first-order valence-electron chi connectivity index (χ1n) is 6.65. The summed E-state index contributed by atoms with van der Waals surface area (Å²) in [6.45, 7) is 5.03. The van der Waals surface area contributed by atoms with Crippen LogP contribution < -0.4 is 11.1 Å². The molecule has 1 saturated carbocycles. The summed E-state index contributed by atoms with van der Waals surface area (Å²) in [6.07, 6.45) is 1.63. The van der Waals surface area contributed by atoms with E-state index in [-0.39, 0.29) is 5.91 Å². The molecule has 1 atom stereocenters. The van der Waals surface area contributed by atoms with Crippen molar-refractivity contribution in [2.45, 2.75) is 38.1 Å². The van der Waals surface area contributed by atoms with Crippen molar-refractivity contribution in [1.82, 2.24) is 5.32 Å². The number of carbonyl (C=O) groups is 1. The molecule has 1 fully saturated rings. The first-order chi connectivity index (χ1) is 8.53. The monoisotopic (exact) mass is 246 g/mol. The Hall–Kier alpha value is -1.35. The number of hydrogen-bond donors (Lipinski definition) is 2. The van der Waals surface area contributed by atoms with Crippen LogP contribution in [-0.4, -0.2) is 18.0 Å². The maximum Gasteiger partial charge on any atom is 0.240 e. The molecule has 1 aliphatic rings. The molecule has 18 heavy (non-hydrogen) atoms. The molecule has 0 radical (unpaired) electrons. The van der Waals surface area contributed by atoms with Crippen LogP contribution >= 0.6 is 0 Å². The molecule has 0 aliphatic heterocycles. The lowest BCUT2D eigenvalue weighted by atomic mass is 9.88. The van der Waals surface area contributed by atoms with Gasteiger partial charge in [0.25, 0.3) is 0 Å². The number of benzene rings is 1. The van der Waals surface area contributed by atoms with Gasteiger partial charge in [0, 0.05) is 12.5 Å². The maximum absolute atomic E-state index is 11.8. The van der Waals surface area contributed by atoms with Crippen LogP contribution in [0.5, 0.6) is 0 Å². The second-order valence-electron chi connectivity index (χ2n) is 5.63. The fraction of sp³-hybridized carbons (Fsp3) is 0.533. The van der Waals surface area contributed by atoms with E-state index in [1.807, 2.05) is 18.2 Å². The molecule has 3 N–H and O–H groups in total. The molecule has 1 unspecified atom stereocenters. The van der Waals surface area contributed by atoms with E-state index in [2.05, 4.69) is 31.3 Å². The third-order valence-corrected chi connectivity index (χ3v) is 3.76. The summed E-state index contributed by atoms with van der Waals surface area (Å²) in [5.74, 6) is 0.835. The first-order valence-corrected chi connectivity index (χ1v) is 6.65. The summed E-state index contributed by atoms with van der Waals surface area (Å²) < 4.78 is 0. The Labute approximate surface area is 109 Å². The number of nitrogens with two attached hydrogens (primary N) is 1. The van der Waals surface area contributed by atoms with E-state index in [0.29, 0.717) is 18.4 Å². The standard InChI is InChI=1S/C15H22N2O/c1-11(2)13(12-6-4-3-5-7-12)10-17-14(18)15(16)8-9-15/h3-7,11,13H,8-10,16H2,1-2H3,(H,17,18). The van der Waals surface area contributed by atoms with Crippen molar-refractivity contribution in [3.8, 4) is 0 Å². The van der Waals surface area contributed by atoms with Crippen LogP contribution in [0.4, 0.5) is 0 Å². The summed E-state index contributed by atoms with van der Waals surface area (Å²) >= 11 is 0. The van der Waals surface area contributed by atoms with Crippen LogP contribution in [0.2, 0.25) is 0 Å². The summed E-state index contributed by atoms with van der Waals surface area (Å²) in [5.41, 5.74) is 6.58. The highest BCUT2D eigenvalue weighted by Crippen LogP contribution is 2.32. The Balaban J connectivity index is 1.97. The van der Waals surface area contributed by atoms with Crippen LogP contribution in [0.1, 0.15) is 38.2 Å². The third-order valence-electron chi connectivity index (χ3n) is 3.76. The van der Waals surface area contributed by atoms with Crippen molar-refractivity contribution in [3.63, 3.8) is 0 Å². The van der Waals surface area contributed by atoms with E-state index >= 15 is 0 Å². The van der Waals surface area contributed by atoms with Crippen LogP contribution in [0.25, 0.3) is 0 Å². The van der Waals surface area contributed by atoms with Gasteiger partial charge >= 0.3 is 0 Å². The zero-order chi connectivity index (χ0) is 13.2. The lowest BCUT2D eigenvalue weighted by molar-refractivity contribution is -0.123. The molecule has 1 aliphatic carbocycles. The minimum atomic E-state index is -0.571. The molecule has 0 spiro atoms. The van der Waals surface area contributed by atoms with Crippen molar-refractivity contribution >= 4 is 5.91 Å². The molecule has 0 bridgehead atoms. The average molecular weight is 246 g/mol. The quantitative estimate of drug-likeness (QED) is 0.835. The summed E-state index contributed by atoms with van der Waals surface area (Å²) in [5, 5.41) is 3.00. The Bertz CT molecular complexity index is 410. The molecular weight excluding hydrogens is 224 g/mol. The molecule has 1 aromatic rings. The first kappa shape index (κ1) is 13.1. The van der Waals surface area contributed by atoms with Crippen LogP contribution in [0, 0.1) is 5.92 Å². The van der Waals surface area contributed by atoms with Gasteiger partial charge in [0.2, 0.25) is 5.91 Å². The fourth-order valence-corrected chi connectivity index (χ4v) is 2.18. The highest BCUT2D eigenvalue weighted by Gasteiger charge is 2.45. The van der Waals surface area contributed by atoms with Crippen molar-refractivity contribution in [2.75, 3.05) is 6.54 Å². The molecular formula is C15H22N2O. The van der Waals surface area contributed by atoms with Gasteiger partial charge in [0.15, 0.2) is 0 Å². The molecule has 0 saturated heterocycles. The minimum absolute atomic E-state index is 0.00378. The van der Waals surface area contributed by atoms with Gasteiger partial charge < -0.3 is 11.1 Å². The van der Waals surface area contributed by atoms with Gasteiger partial charge in [0.05, 0.1) is 5.54 Å². The summed E-state index contributed by atoms with van der Waals surface area (Å²) in [6, 6.07) is 10.3. The van der Waals surface area contributed by atoms with E-state index < -0.39 is 5.54 Å². The lowest BCUT2D eigenvalue weighted by Gasteiger charge is -2.22. The van der Waals surface area contributed by atoms with Gasteiger partial charge in [-0.25, -0.2) is 0 Å². The van der Waals surface area contributed by atoms with Gasteiger partial charge in [-0.15, -0.1) is 0 Å². The number of carbonyl (C=O) groups excluding carboxylic acids is 1. The minimum Gasteiger partial charge on any atom is -0.354 e. The van der Waals surface area contributed by atoms with Gasteiger partial charge in [-0.05, 0) is 24.3 Å². The van der Waals surface area contributed by atoms with Crippen molar-refractivity contribution in [1.29, 1.82) is 0 Å². The van der Waals surface area contributed by atoms with E-state index in [0.717, 1.165) is 12.8 Å². The summed E-state index contributed by atoms with van der Waals surface area (Å²) in [7, 11) is 0. The average Bonchev–Trinajstić information content (AvgIpc) is 3.10. The zero-order valence-electron chi connectivity index (χ0n) is 11.1. The second kappa shape index (κ2) is 5.11. The molecule has 3 heteroatoms. The molecule has 98 valence electrons. The highest BCUT2D eigenvalue weighted by molar-refractivity contribution is 5.89. The van der Waals surface area contributed by atoms with E-state index in [4.69, 9.17) is 5.73 Å². The van der Waals surface area contributed by atoms with Gasteiger partial charge in [-0.3, -0.25) is 4.79 Å². The number of nitrogens with one attached hydrogen (secondary N) is 1. The van der Waals surface area contributed by atoms with E-state index in [9.17, 15) is 4.79 Å². The van der Waals surface area contributed by atoms with Crippen LogP contribution in [0.3, 0.4) is 0 Å². The topological polar surface area (TPSA) is 55.1 Å². The SMILES string of the molecule is CC(C)C(CNC(=O)C1(N)CC1)c1ccccc1. The van der Waals surface area contributed by atoms with Crippen molar-refractivity contribution in [3.05, 3.63) is 35.9 Å². The maximum atomic E-state index is 11.8. The molecule has 0 heterocycles. The van der Waals surface area contributed by atoms with Crippen LogP contribution in [-0.2, 0) is 4.79 Å². The molecule has 3 nitrogen and oxygen atoms in total. The predicted octanol–water partition coefficient (Wildman–Crippen LogP) is 2.03. The lowest BCUT2D eigenvalue weighted by Crippen LogP contribution is -2.44. The Kier molecular flexibility index (Phi) is 3.71. The number of rotatable bonds is 5. The smallest absolute Gasteiger partial charge is 0.240 e. The molecule has 2 rings (SSSR count). The van der Waals surface area contributed by atoms with E-state index in [1.54, 1.807) is 0 Å². The normalized spacial score (nSPS) is 18.4. The van der Waals surface area contributed by atoms with E-state index in [1.165, 1.54) is 5.56 Å². The van der Waals surface area contributed by atoms with Gasteiger partial charge in [0.1, 0.15) is 0 Å². The van der Waals surface area contributed by atoms with Gasteiger partial charge in [-0.1, -0.05) is 44.2 Å². The zero-order valence-corrected chi connectivity index (χ0v) is 11.1. The largest absolute Gasteiger partial charge is 0.354 e. The Morgan fingerprint density at radius 1 is 1.33 bits per heavy atom. The second-order valence-corrected chi connectivity index (χ2v) is 5.63. The van der Waals surface area contributed by atoms with Crippen molar-refractivity contribution in [2.24, 2.45) is 11.7 Å². The molecule has 1 amide bonds. The predicted molar refractivity (Wildman–Crippen MR) is 73.2 cm³/mol. The highest BCUT2D eigenvalue weighted by atomic mass is 16.2. The summed E-state index contributed by atoms with van der Waals surface area (Å²) in [4.78, 5) is 11.8. The van der Waals surface area contributed by atoms with Crippen LogP contribution in [0.15, 0.2) is 30.3 Å². The Morgan fingerprint density at radius 3 is 2.44 bits per heavy atom. The van der Waals surface area contributed by atoms with Crippen molar-refractivity contribution < 1.29 is 4.79 Å². The van der Waals surface area contributed by atoms with Gasteiger partial charge in [-0.2, -0.15) is 0 Å². The number of hydrogen-bond acceptors (Lipinski definition) is 2.